The molecule has 0 fully saturated rings. The van der Waals surface area contributed by atoms with Crippen molar-refractivity contribution in [2.75, 3.05) is 6.54 Å². The van der Waals surface area contributed by atoms with Gasteiger partial charge in [0, 0.05) is 29.6 Å². The van der Waals surface area contributed by atoms with Gasteiger partial charge in [0.25, 0.3) is 0 Å². The Bertz CT molecular complexity index is 565. The van der Waals surface area contributed by atoms with Crippen LogP contribution in [-0.4, -0.2) is 23.6 Å². The molecule has 19 heavy (non-hydrogen) atoms. The van der Waals surface area contributed by atoms with E-state index in [0.29, 0.717) is 6.04 Å². The van der Waals surface area contributed by atoms with Gasteiger partial charge in [0.05, 0.1) is 6.54 Å². The van der Waals surface area contributed by atoms with Crippen LogP contribution in [0.4, 0.5) is 0 Å². The Morgan fingerprint density at radius 3 is 2.89 bits per heavy atom. The number of benzene rings is 1. The van der Waals surface area contributed by atoms with Crippen molar-refractivity contribution in [3.63, 3.8) is 0 Å². The van der Waals surface area contributed by atoms with Gasteiger partial charge in [-0.3, -0.25) is 0 Å². The van der Waals surface area contributed by atoms with Gasteiger partial charge in [0.15, 0.2) is 0 Å². The van der Waals surface area contributed by atoms with Gasteiger partial charge >= 0.3 is 0 Å². The Hall–Kier alpha value is -1.79. The van der Waals surface area contributed by atoms with Crippen LogP contribution in [0.1, 0.15) is 25.8 Å². The number of fused-ring (bicyclic) bond motifs is 1. The van der Waals surface area contributed by atoms with Crippen LogP contribution in [-0.2, 0) is 6.42 Å². The summed E-state index contributed by atoms with van der Waals surface area (Å²) in [5, 5.41) is 4.76. The van der Waals surface area contributed by atoms with Gasteiger partial charge in [-0.05, 0) is 25.0 Å². The molecule has 0 amide bonds. The number of aromatic nitrogens is 1. The van der Waals surface area contributed by atoms with E-state index in [1.165, 1.54) is 16.5 Å². The quantitative estimate of drug-likeness (QED) is 0.762. The minimum atomic E-state index is 0.102. The van der Waals surface area contributed by atoms with Gasteiger partial charge in [-0.2, -0.15) is 0 Å². The summed E-state index contributed by atoms with van der Waals surface area (Å²) in [7, 11) is 0. The lowest BCUT2D eigenvalue weighted by Crippen LogP contribution is -2.33. The van der Waals surface area contributed by atoms with Crippen LogP contribution in [0, 0.1) is 6.57 Å². The van der Waals surface area contributed by atoms with Gasteiger partial charge in [-0.1, -0.05) is 25.1 Å². The molecule has 2 atom stereocenters. The third kappa shape index (κ3) is 3.36. The molecule has 1 unspecified atom stereocenters. The number of aromatic amines is 1. The molecule has 2 N–H and O–H groups in total. The molecule has 0 bridgehead atoms. The van der Waals surface area contributed by atoms with Gasteiger partial charge in [-0.15, -0.1) is 0 Å². The number of nitrogens with one attached hydrogen (secondary N) is 2. The summed E-state index contributed by atoms with van der Waals surface area (Å²) in [5.74, 6) is 0. The van der Waals surface area contributed by atoms with E-state index < -0.39 is 0 Å². The van der Waals surface area contributed by atoms with E-state index in [0.717, 1.165) is 19.4 Å². The fourth-order valence-corrected chi connectivity index (χ4v) is 2.32. The van der Waals surface area contributed by atoms with Crippen LogP contribution in [0.5, 0.6) is 0 Å². The zero-order valence-corrected chi connectivity index (χ0v) is 11.6. The Morgan fingerprint density at radius 2 is 2.16 bits per heavy atom. The molecule has 1 aromatic heterocycles. The molecule has 2 rings (SSSR count). The van der Waals surface area contributed by atoms with E-state index in [1.54, 1.807) is 0 Å². The number of rotatable bonds is 6. The maximum atomic E-state index is 7.09. The molecule has 0 radical (unpaired) electrons. The number of hydrogen-bond donors (Lipinski definition) is 2. The lowest BCUT2D eigenvalue weighted by Gasteiger charge is -2.13. The Labute approximate surface area is 114 Å². The number of H-pyrrole nitrogens is 1. The maximum Gasteiger partial charge on any atom is 0.235 e. The molecule has 0 saturated heterocycles. The van der Waals surface area contributed by atoms with Crippen molar-refractivity contribution >= 4 is 10.9 Å². The van der Waals surface area contributed by atoms with Crippen LogP contribution in [0.15, 0.2) is 30.5 Å². The largest absolute Gasteiger partial charge is 0.361 e. The average molecular weight is 255 g/mol. The topological polar surface area (TPSA) is 32.2 Å². The summed E-state index contributed by atoms with van der Waals surface area (Å²) in [6.45, 7) is 12.1. The average Bonchev–Trinajstić information content (AvgIpc) is 2.83. The molecule has 0 saturated carbocycles. The van der Waals surface area contributed by atoms with Crippen LogP contribution < -0.4 is 5.32 Å². The third-order valence-electron chi connectivity index (χ3n) is 3.56. The zero-order chi connectivity index (χ0) is 13.7. The van der Waals surface area contributed by atoms with E-state index in [-0.39, 0.29) is 6.04 Å². The molecular formula is C16H21N3. The summed E-state index contributed by atoms with van der Waals surface area (Å²) < 4.78 is 0. The highest BCUT2D eigenvalue weighted by atomic mass is 14.9. The second-order valence-corrected chi connectivity index (χ2v) is 5.06. The van der Waals surface area contributed by atoms with Crippen molar-refractivity contribution in [3.05, 3.63) is 47.4 Å². The normalized spacial score (nSPS) is 14.2. The van der Waals surface area contributed by atoms with Gasteiger partial charge < -0.3 is 15.1 Å². The van der Waals surface area contributed by atoms with Crippen molar-refractivity contribution in [1.82, 2.24) is 10.3 Å². The van der Waals surface area contributed by atoms with Crippen LogP contribution in [0.25, 0.3) is 15.7 Å². The first kappa shape index (κ1) is 13.6. The van der Waals surface area contributed by atoms with E-state index in [9.17, 15) is 0 Å². The predicted molar refractivity (Wildman–Crippen MR) is 80.1 cm³/mol. The van der Waals surface area contributed by atoms with Crippen molar-refractivity contribution < 1.29 is 0 Å². The fourth-order valence-electron chi connectivity index (χ4n) is 2.32. The first-order valence-corrected chi connectivity index (χ1v) is 6.89. The molecule has 0 aliphatic carbocycles. The number of nitrogens with zero attached hydrogens (tertiary/aromatic N) is 1. The van der Waals surface area contributed by atoms with Crippen molar-refractivity contribution in [2.45, 2.75) is 38.8 Å². The summed E-state index contributed by atoms with van der Waals surface area (Å²) in [5.41, 5.74) is 2.53. The van der Waals surface area contributed by atoms with Crippen molar-refractivity contribution in [3.8, 4) is 0 Å². The van der Waals surface area contributed by atoms with Gasteiger partial charge in [-0.25, -0.2) is 6.57 Å². The van der Waals surface area contributed by atoms with E-state index in [1.807, 2.05) is 6.07 Å². The van der Waals surface area contributed by atoms with Crippen LogP contribution in [0.2, 0.25) is 0 Å². The molecule has 1 aromatic carbocycles. The standard InChI is InChI=1S/C16H21N3/c1-4-14(17-3)11-18-12(2)9-13-10-19-16-8-6-5-7-15(13)16/h5-8,10,12,14,18-19H,4,9,11H2,1-2H3/t12-,14?/m1/s1. The van der Waals surface area contributed by atoms with E-state index >= 15 is 0 Å². The van der Waals surface area contributed by atoms with Crippen LogP contribution >= 0.6 is 0 Å². The Morgan fingerprint density at radius 1 is 1.37 bits per heavy atom. The van der Waals surface area contributed by atoms with Gasteiger partial charge in [0.2, 0.25) is 6.04 Å². The molecular weight excluding hydrogens is 234 g/mol. The van der Waals surface area contributed by atoms with Crippen LogP contribution in [0.3, 0.4) is 0 Å². The molecule has 0 spiro atoms. The molecule has 100 valence electrons. The van der Waals surface area contributed by atoms with E-state index in [4.69, 9.17) is 6.57 Å². The summed E-state index contributed by atoms with van der Waals surface area (Å²) >= 11 is 0. The summed E-state index contributed by atoms with van der Waals surface area (Å²) in [4.78, 5) is 6.91. The second-order valence-electron chi connectivity index (χ2n) is 5.06. The summed E-state index contributed by atoms with van der Waals surface area (Å²) in [6, 6.07) is 8.86. The fraction of sp³-hybridized carbons (Fsp3) is 0.438. The smallest absolute Gasteiger partial charge is 0.235 e. The first-order valence-electron chi connectivity index (χ1n) is 6.89. The highest BCUT2D eigenvalue weighted by Gasteiger charge is 2.12. The molecule has 1 heterocycles. The zero-order valence-electron chi connectivity index (χ0n) is 11.6. The Balaban J connectivity index is 1.95. The molecule has 2 aromatic rings. The number of para-hydroxylation sites is 1. The number of hydrogen-bond acceptors (Lipinski definition) is 1. The summed E-state index contributed by atoms with van der Waals surface area (Å²) in [6.07, 6.45) is 3.99. The molecule has 0 aliphatic rings. The second kappa shape index (κ2) is 6.40. The van der Waals surface area contributed by atoms with E-state index in [2.05, 4.69) is 53.4 Å². The lowest BCUT2D eigenvalue weighted by atomic mass is 10.1. The monoisotopic (exact) mass is 255 g/mol. The lowest BCUT2D eigenvalue weighted by molar-refractivity contribution is 0.519. The Kier molecular flexibility index (Phi) is 4.59. The molecule has 3 heteroatoms. The van der Waals surface area contributed by atoms with Crippen molar-refractivity contribution in [2.24, 2.45) is 0 Å². The highest BCUT2D eigenvalue weighted by Crippen LogP contribution is 2.18. The highest BCUT2D eigenvalue weighted by molar-refractivity contribution is 5.83. The SMILES string of the molecule is [C-]#[N+]C(CC)CN[C@H](C)Cc1c[nH]c2ccccc12. The minimum Gasteiger partial charge on any atom is -0.361 e. The molecule has 3 nitrogen and oxygen atoms in total. The predicted octanol–water partition coefficient (Wildman–Crippen LogP) is 3.39. The minimum absolute atomic E-state index is 0.102. The van der Waals surface area contributed by atoms with Crippen molar-refractivity contribution in [1.29, 1.82) is 0 Å². The van der Waals surface area contributed by atoms with Gasteiger partial charge in [0.1, 0.15) is 0 Å². The molecule has 0 aliphatic heterocycles. The maximum absolute atomic E-state index is 7.09. The first-order chi connectivity index (χ1) is 9.24. The third-order valence-corrected chi connectivity index (χ3v) is 3.56.